The van der Waals surface area contributed by atoms with E-state index in [1.807, 2.05) is 36.4 Å². The maximum absolute atomic E-state index is 8.89. The van der Waals surface area contributed by atoms with Gasteiger partial charge in [-0.25, -0.2) is 9.55 Å². The van der Waals surface area contributed by atoms with Crippen LogP contribution in [0.15, 0.2) is 55.0 Å². The largest absolute Gasteiger partial charge is 0.341 e. The number of benzene rings is 1. The minimum Gasteiger partial charge on any atom is -0.341 e. The molecule has 0 aliphatic carbocycles. The Kier molecular flexibility index (Phi) is 4.85. The van der Waals surface area contributed by atoms with Crippen LogP contribution < -0.4 is 10.6 Å². The summed E-state index contributed by atoms with van der Waals surface area (Å²) < 4.78 is 1.81. The second-order valence-corrected chi connectivity index (χ2v) is 6.81. The van der Waals surface area contributed by atoms with Crippen molar-refractivity contribution in [3.05, 3.63) is 60.8 Å². The lowest BCUT2D eigenvalue weighted by atomic mass is 10.1. The Morgan fingerprint density at radius 2 is 1.91 bits per heavy atom. The zero-order valence-electron chi connectivity index (χ0n) is 17.0. The molecular formula is C21H17N11. The molecule has 0 spiro atoms. The second-order valence-electron chi connectivity index (χ2n) is 6.81. The predicted octanol–water partition coefficient (Wildman–Crippen LogP) is 2.98. The minimum absolute atomic E-state index is 0.0815. The van der Waals surface area contributed by atoms with Gasteiger partial charge in [0, 0.05) is 24.7 Å². The smallest absolute Gasteiger partial charge is 0.242 e. The number of aromatic amines is 1. The Hall–Kier alpha value is -4.85. The third-order valence-electron chi connectivity index (χ3n) is 4.67. The summed E-state index contributed by atoms with van der Waals surface area (Å²) in [5, 5.41) is 21.9. The van der Waals surface area contributed by atoms with Gasteiger partial charge in [0.05, 0.1) is 17.1 Å². The van der Waals surface area contributed by atoms with Gasteiger partial charge in [-0.15, -0.1) is 0 Å². The average molecular weight is 423 g/mol. The van der Waals surface area contributed by atoms with Crippen LogP contribution in [0.2, 0.25) is 0 Å². The average Bonchev–Trinajstić information content (AvgIpc) is 3.45. The van der Waals surface area contributed by atoms with E-state index < -0.39 is 0 Å². The highest BCUT2D eigenvalue weighted by Gasteiger charge is 2.18. The number of nitriles is 1. The number of rotatable bonds is 6. The highest BCUT2D eigenvalue weighted by Crippen LogP contribution is 2.29. The SMILES string of the molecule is Cc1nc(NCC#N)nc(-n2c(Nc3cc[nH]n3)nc3ccc(-c4ccncc4)cc32)n1. The number of H-pyrrole nitrogens is 1. The lowest BCUT2D eigenvalue weighted by Crippen LogP contribution is -2.12. The molecule has 0 fully saturated rings. The number of aryl methyl sites for hydroxylation is 1. The molecule has 11 nitrogen and oxygen atoms in total. The first kappa shape index (κ1) is 19.1. The van der Waals surface area contributed by atoms with E-state index in [0.717, 1.165) is 22.2 Å². The number of nitrogens with one attached hydrogen (secondary N) is 3. The van der Waals surface area contributed by atoms with E-state index in [2.05, 4.69) is 40.8 Å². The first-order valence-corrected chi connectivity index (χ1v) is 9.75. The van der Waals surface area contributed by atoms with E-state index in [0.29, 0.717) is 29.5 Å². The molecule has 0 unspecified atom stereocenters. The molecule has 5 aromatic rings. The van der Waals surface area contributed by atoms with Gasteiger partial charge in [-0.3, -0.25) is 10.1 Å². The molecule has 32 heavy (non-hydrogen) atoms. The molecule has 0 amide bonds. The van der Waals surface area contributed by atoms with E-state index in [4.69, 9.17) is 10.2 Å². The number of hydrogen-bond donors (Lipinski definition) is 3. The molecule has 1 aromatic carbocycles. The zero-order valence-corrected chi connectivity index (χ0v) is 17.0. The molecule has 0 aliphatic rings. The van der Waals surface area contributed by atoms with Gasteiger partial charge in [0.1, 0.15) is 12.4 Å². The van der Waals surface area contributed by atoms with Crippen LogP contribution in [0.3, 0.4) is 0 Å². The third kappa shape index (κ3) is 3.68. The van der Waals surface area contributed by atoms with Crippen molar-refractivity contribution in [1.29, 1.82) is 5.26 Å². The van der Waals surface area contributed by atoms with Crippen LogP contribution in [0.25, 0.3) is 28.1 Å². The van der Waals surface area contributed by atoms with Crippen LogP contribution in [0.1, 0.15) is 5.82 Å². The standard InChI is InChI=1S/C21H17N11/c1-13-26-19(24-11-7-22)30-20(27-13)32-17-12-15(14-4-8-23-9-5-14)2-3-16(17)28-21(32)29-18-6-10-25-31-18/h2-6,8-10,12H,11H2,1H3,(H,24,26,27,30)(H2,25,28,29,31). The van der Waals surface area contributed by atoms with E-state index in [9.17, 15) is 0 Å². The van der Waals surface area contributed by atoms with Crippen molar-refractivity contribution in [2.45, 2.75) is 6.92 Å². The van der Waals surface area contributed by atoms with Gasteiger partial charge in [-0.2, -0.15) is 25.3 Å². The fourth-order valence-corrected chi connectivity index (χ4v) is 3.30. The van der Waals surface area contributed by atoms with Gasteiger partial charge < -0.3 is 10.6 Å². The number of nitrogens with zero attached hydrogens (tertiary/aromatic N) is 8. The molecule has 0 aliphatic heterocycles. The molecular weight excluding hydrogens is 406 g/mol. The Morgan fingerprint density at radius 3 is 2.69 bits per heavy atom. The normalized spacial score (nSPS) is 10.8. The van der Waals surface area contributed by atoms with Crippen molar-refractivity contribution in [3.63, 3.8) is 0 Å². The van der Waals surface area contributed by atoms with E-state index >= 15 is 0 Å². The summed E-state index contributed by atoms with van der Waals surface area (Å²) >= 11 is 0. The van der Waals surface area contributed by atoms with Crippen LogP contribution >= 0.6 is 0 Å². The molecule has 5 rings (SSSR count). The van der Waals surface area contributed by atoms with Gasteiger partial charge >= 0.3 is 0 Å². The fourth-order valence-electron chi connectivity index (χ4n) is 3.30. The summed E-state index contributed by atoms with van der Waals surface area (Å²) in [6.45, 7) is 1.85. The lowest BCUT2D eigenvalue weighted by molar-refractivity contribution is 0.884. The predicted molar refractivity (Wildman–Crippen MR) is 118 cm³/mol. The molecule has 4 heterocycles. The monoisotopic (exact) mass is 423 g/mol. The quantitative estimate of drug-likeness (QED) is 0.351. The van der Waals surface area contributed by atoms with Crippen LogP contribution in [-0.4, -0.2) is 46.2 Å². The summed E-state index contributed by atoms with van der Waals surface area (Å²) in [4.78, 5) is 22.1. The Bertz CT molecular complexity index is 1420. The minimum atomic E-state index is 0.0815. The number of pyridine rings is 1. The molecule has 3 N–H and O–H groups in total. The number of imidazole rings is 1. The van der Waals surface area contributed by atoms with Gasteiger partial charge in [-0.1, -0.05) is 6.07 Å². The van der Waals surface area contributed by atoms with Gasteiger partial charge in [-0.05, 0) is 42.3 Å². The molecule has 0 saturated carbocycles. The number of hydrogen-bond acceptors (Lipinski definition) is 9. The molecule has 11 heteroatoms. The summed E-state index contributed by atoms with van der Waals surface area (Å²) in [5.74, 6) is 2.28. The molecule has 0 bridgehead atoms. The van der Waals surface area contributed by atoms with Crippen LogP contribution in [0, 0.1) is 18.3 Å². The summed E-state index contributed by atoms with van der Waals surface area (Å²) in [6, 6.07) is 13.7. The van der Waals surface area contributed by atoms with Gasteiger partial charge in [0.2, 0.25) is 17.8 Å². The summed E-state index contributed by atoms with van der Waals surface area (Å²) in [6.07, 6.45) is 5.22. The fraction of sp³-hybridized carbons (Fsp3) is 0.0952. The van der Waals surface area contributed by atoms with Crippen LogP contribution in [0.5, 0.6) is 0 Å². The summed E-state index contributed by atoms with van der Waals surface area (Å²) in [7, 11) is 0. The number of aromatic nitrogens is 8. The van der Waals surface area contributed by atoms with Gasteiger partial charge in [0.25, 0.3) is 0 Å². The Labute approximate surface area is 182 Å². The van der Waals surface area contributed by atoms with Crippen molar-refractivity contribution < 1.29 is 0 Å². The molecule has 156 valence electrons. The highest BCUT2D eigenvalue weighted by molar-refractivity contribution is 5.86. The number of fused-ring (bicyclic) bond motifs is 1. The van der Waals surface area contributed by atoms with Crippen molar-refractivity contribution in [2.24, 2.45) is 0 Å². The zero-order chi connectivity index (χ0) is 21.9. The lowest BCUT2D eigenvalue weighted by Gasteiger charge is -2.10. The van der Waals surface area contributed by atoms with Crippen molar-refractivity contribution >= 4 is 28.7 Å². The van der Waals surface area contributed by atoms with Crippen molar-refractivity contribution in [3.8, 4) is 23.1 Å². The number of anilines is 3. The molecule has 0 atom stereocenters. The maximum Gasteiger partial charge on any atom is 0.242 e. The van der Waals surface area contributed by atoms with E-state index in [-0.39, 0.29) is 6.54 Å². The van der Waals surface area contributed by atoms with E-state index in [1.54, 1.807) is 36.1 Å². The van der Waals surface area contributed by atoms with Crippen molar-refractivity contribution in [2.75, 3.05) is 17.2 Å². The molecule has 0 saturated heterocycles. The molecule has 4 aromatic heterocycles. The van der Waals surface area contributed by atoms with Crippen LogP contribution in [-0.2, 0) is 0 Å². The topological polar surface area (TPSA) is 146 Å². The van der Waals surface area contributed by atoms with Crippen molar-refractivity contribution in [1.82, 2.24) is 39.7 Å². The van der Waals surface area contributed by atoms with Gasteiger partial charge in [0.15, 0.2) is 5.82 Å². The maximum atomic E-state index is 8.89. The Balaban J connectivity index is 1.71. The first-order valence-electron chi connectivity index (χ1n) is 9.75. The first-order chi connectivity index (χ1) is 15.7. The third-order valence-corrected chi connectivity index (χ3v) is 4.67. The molecule has 0 radical (unpaired) electrons. The summed E-state index contributed by atoms with van der Waals surface area (Å²) in [5.41, 5.74) is 3.58. The van der Waals surface area contributed by atoms with Crippen LogP contribution in [0.4, 0.5) is 17.7 Å². The van der Waals surface area contributed by atoms with E-state index in [1.165, 1.54) is 0 Å². The Morgan fingerprint density at radius 1 is 1.03 bits per heavy atom. The second kappa shape index (κ2) is 8.11. The highest BCUT2D eigenvalue weighted by atomic mass is 15.3.